The molecule has 0 fully saturated rings. The summed E-state index contributed by atoms with van der Waals surface area (Å²) in [6, 6.07) is 3.65. The van der Waals surface area contributed by atoms with Crippen molar-refractivity contribution < 1.29 is 4.79 Å². The Hall–Kier alpha value is -1.49. The Balaban J connectivity index is 2.90. The Labute approximate surface area is 126 Å². The van der Waals surface area contributed by atoms with Crippen LogP contribution >= 0.6 is 12.2 Å². The van der Waals surface area contributed by atoms with Gasteiger partial charge >= 0.3 is 0 Å². The second-order valence-electron chi connectivity index (χ2n) is 4.91. The summed E-state index contributed by atoms with van der Waals surface area (Å²) in [7, 11) is 0. The molecule has 0 aliphatic carbocycles. The molecule has 4 nitrogen and oxygen atoms in total. The summed E-state index contributed by atoms with van der Waals surface area (Å²) in [4.78, 5) is 18.9. The molecule has 0 bridgehead atoms. The number of pyridine rings is 1. The largest absolute Gasteiger partial charge is 0.389 e. The number of carbonyl (C=O) groups excluding carboxylic acids is 1. The molecule has 20 heavy (non-hydrogen) atoms. The standard InChI is InChI=1S/C15H23N3OS/c1-4-6-9-18(11(3)5-2)15(19)13-8-7-12(10-17-13)14(16)20/h7-8,10-11H,4-6,9H2,1-3H3,(H2,16,20). The van der Waals surface area contributed by atoms with Crippen molar-refractivity contribution in [1.29, 1.82) is 0 Å². The quantitative estimate of drug-likeness (QED) is 0.785. The maximum absolute atomic E-state index is 12.5. The maximum atomic E-state index is 12.5. The number of rotatable bonds is 7. The van der Waals surface area contributed by atoms with Crippen LogP contribution in [0.2, 0.25) is 0 Å². The van der Waals surface area contributed by atoms with Gasteiger partial charge in [0.25, 0.3) is 5.91 Å². The molecule has 0 spiro atoms. The fourth-order valence-electron chi connectivity index (χ4n) is 1.88. The number of hydrogen-bond donors (Lipinski definition) is 1. The zero-order valence-electron chi connectivity index (χ0n) is 12.4. The number of nitrogens with two attached hydrogens (primary N) is 1. The van der Waals surface area contributed by atoms with Crippen molar-refractivity contribution in [2.45, 2.75) is 46.1 Å². The van der Waals surface area contributed by atoms with Crippen molar-refractivity contribution in [3.8, 4) is 0 Å². The van der Waals surface area contributed by atoms with Gasteiger partial charge in [-0.2, -0.15) is 0 Å². The van der Waals surface area contributed by atoms with E-state index in [0.717, 1.165) is 25.8 Å². The smallest absolute Gasteiger partial charge is 0.272 e. The molecule has 0 aliphatic rings. The van der Waals surface area contributed by atoms with E-state index in [1.165, 1.54) is 0 Å². The van der Waals surface area contributed by atoms with Crippen LogP contribution in [0.1, 0.15) is 56.1 Å². The zero-order chi connectivity index (χ0) is 15.1. The highest BCUT2D eigenvalue weighted by atomic mass is 32.1. The van der Waals surface area contributed by atoms with E-state index in [0.29, 0.717) is 16.2 Å². The summed E-state index contributed by atoms with van der Waals surface area (Å²) in [5, 5.41) is 0. The predicted octanol–water partition coefficient (Wildman–Crippen LogP) is 2.76. The molecular formula is C15H23N3OS. The van der Waals surface area contributed by atoms with Gasteiger partial charge < -0.3 is 10.6 Å². The molecule has 0 aromatic carbocycles. The SMILES string of the molecule is CCCCN(C(=O)c1ccc(C(N)=S)cn1)C(C)CC. The molecule has 1 aromatic heterocycles. The third-order valence-corrected chi connectivity index (χ3v) is 3.64. The second-order valence-corrected chi connectivity index (χ2v) is 5.35. The van der Waals surface area contributed by atoms with Crippen LogP contribution in [0.3, 0.4) is 0 Å². The first-order valence-corrected chi connectivity index (χ1v) is 7.48. The average Bonchev–Trinajstić information content (AvgIpc) is 2.47. The molecule has 1 atom stereocenters. The molecule has 1 rings (SSSR count). The van der Waals surface area contributed by atoms with Gasteiger partial charge in [0.2, 0.25) is 0 Å². The highest BCUT2D eigenvalue weighted by Gasteiger charge is 2.20. The molecule has 1 amide bonds. The molecule has 1 aromatic rings. The minimum atomic E-state index is -0.0257. The minimum absolute atomic E-state index is 0.0257. The fourth-order valence-corrected chi connectivity index (χ4v) is 2.00. The number of thiocarbonyl (C=S) groups is 1. The van der Waals surface area contributed by atoms with Gasteiger partial charge in [0.1, 0.15) is 10.7 Å². The minimum Gasteiger partial charge on any atom is -0.389 e. The zero-order valence-corrected chi connectivity index (χ0v) is 13.2. The number of unbranched alkanes of at least 4 members (excludes halogenated alkanes) is 1. The Bertz CT molecular complexity index is 459. The molecule has 1 heterocycles. The van der Waals surface area contributed by atoms with Crippen molar-refractivity contribution in [2.75, 3.05) is 6.54 Å². The molecule has 2 N–H and O–H groups in total. The van der Waals surface area contributed by atoms with Crippen LogP contribution in [-0.2, 0) is 0 Å². The topological polar surface area (TPSA) is 59.2 Å². The monoisotopic (exact) mass is 293 g/mol. The van der Waals surface area contributed by atoms with Crippen molar-refractivity contribution in [1.82, 2.24) is 9.88 Å². The first-order valence-electron chi connectivity index (χ1n) is 7.08. The lowest BCUT2D eigenvalue weighted by Crippen LogP contribution is -2.39. The highest BCUT2D eigenvalue weighted by molar-refractivity contribution is 7.80. The van der Waals surface area contributed by atoms with Gasteiger partial charge in [-0.1, -0.05) is 32.5 Å². The summed E-state index contributed by atoms with van der Waals surface area (Å²) in [5.74, 6) is -0.0257. The fraction of sp³-hybridized carbons (Fsp3) is 0.533. The summed E-state index contributed by atoms with van der Waals surface area (Å²) in [5.41, 5.74) is 6.66. The molecule has 0 aliphatic heterocycles. The van der Waals surface area contributed by atoms with E-state index >= 15 is 0 Å². The lowest BCUT2D eigenvalue weighted by Gasteiger charge is -2.28. The molecule has 5 heteroatoms. The van der Waals surface area contributed by atoms with Crippen LogP contribution in [0.25, 0.3) is 0 Å². The van der Waals surface area contributed by atoms with Crippen LogP contribution in [0.15, 0.2) is 18.3 Å². The van der Waals surface area contributed by atoms with Crippen LogP contribution in [-0.4, -0.2) is 33.4 Å². The highest BCUT2D eigenvalue weighted by Crippen LogP contribution is 2.11. The molecule has 1 unspecified atom stereocenters. The number of hydrogen-bond acceptors (Lipinski definition) is 3. The van der Waals surface area contributed by atoms with Crippen LogP contribution in [0.4, 0.5) is 0 Å². The third kappa shape index (κ3) is 4.27. The van der Waals surface area contributed by atoms with E-state index in [9.17, 15) is 4.79 Å². The van der Waals surface area contributed by atoms with E-state index in [1.807, 2.05) is 4.90 Å². The Kier molecular flexibility index (Phi) is 6.58. The van der Waals surface area contributed by atoms with Crippen LogP contribution in [0.5, 0.6) is 0 Å². The van der Waals surface area contributed by atoms with E-state index in [2.05, 4.69) is 25.8 Å². The van der Waals surface area contributed by atoms with Crippen LogP contribution < -0.4 is 5.73 Å². The summed E-state index contributed by atoms with van der Waals surface area (Å²) in [6.07, 6.45) is 4.56. The van der Waals surface area contributed by atoms with Gasteiger partial charge in [-0.3, -0.25) is 9.78 Å². The molecule has 110 valence electrons. The van der Waals surface area contributed by atoms with Gasteiger partial charge in [-0.15, -0.1) is 0 Å². The van der Waals surface area contributed by atoms with Crippen molar-refractivity contribution in [2.24, 2.45) is 5.73 Å². The molecular weight excluding hydrogens is 270 g/mol. The lowest BCUT2D eigenvalue weighted by molar-refractivity contribution is 0.0679. The molecule has 0 saturated carbocycles. The predicted molar refractivity (Wildman–Crippen MR) is 85.8 cm³/mol. The van der Waals surface area contributed by atoms with E-state index in [1.54, 1.807) is 18.3 Å². The van der Waals surface area contributed by atoms with Gasteiger partial charge in [-0.25, -0.2) is 0 Å². The van der Waals surface area contributed by atoms with E-state index in [-0.39, 0.29) is 11.9 Å². The van der Waals surface area contributed by atoms with Gasteiger partial charge in [-0.05, 0) is 31.9 Å². The molecule has 0 saturated heterocycles. The average molecular weight is 293 g/mol. The first-order chi connectivity index (χ1) is 9.51. The van der Waals surface area contributed by atoms with E-state index < -0.39 is 0 Å². The number of nitrogens with zero attached hydrogens (tertiary/aromatic N) is 2. The number of carbonyl (C=O) groups is 1. The summed E-state index contributed by atoms with van der Waals surface area (Å²) in [6.45, 7) is 7.04. The summed E-state index contributed by atoms with van der Waals surface area (Å²) < 4.78 is 0. The van der Waals surface area contributed by atoms with Crippen molar-refractivity contribution >= 4 is 23.1 Å². The van der Waals surface area contributed by atoms with Crippen molar-refractivity contribution in [3.63, 3.8) is 0 Å². The lowest BCUT2D eigenvalue weighted by atomic mass is 10.1. The Morgan fingerprint density at radius 2 is 2.15 bits per heavy atom. The number of amides is 1. The van der Waals surface area contributed by atoms with Gasteiger partial charge in [0, 0.05) is 24.3 Å². The molecule has 0 radical (unpaired) electrons. The van der Waals surface area contributed by atoms with E-state index in [4.69, 9.17) is 18.0 Å². The summed E-state index contributed by atoms with van der Waals surface area (Å²) >= 11 is 4.88. The number of aromatic nitrogens is 1. The Morgan fingerprint density at radius 3 is 2.60 bits per heavy atom. The van der Waals surface area contributed by atoms with Crippen LogP contribution in [0, 0.1) is 0 Å². The van der Waals surface area contributed by atoms with Gasteiger partial charge in [0.15, 0.2) is 0 Å². The Morgan fingerprint density at radius 1 is 1.45 bits per heavy atom. The van der Waals surface area contributed by atoms with Crippen molar-refractivity contribution in [3.05, 3.63) is 29.6 Å². The maximum Gasteiger partial charge on any atom is 0.272 e. The third-order valence-electron chi connectivity index (χ3n) is 3.40. The first kappa shape index (κ1) is 16.6. The second kappa shape index (κ2) is 7.94. The van der Waals surface area contributed by atoms with Gasteiger partial charge in [0.05, 0.1) is 0 Å². The normalized spacial score (nSPS) is 11.9.